The zero-order valence-electron chi connectivity index (χ0n) is 8.06. The second-order valence-corrected chi connectivity index (χ2v) is 3.22. The minimum Gasteiger partial charge on any atom is -0.396 e. The molecule has 0 radical (unpaired) electrons. The molecule has 2 N–H and O–H groups in total. The molecule has 1 unspecified atom stereocenters. The number of aromatic amines is 1. The third-order valence-corrected chi connectivity index (χ3v) is 2.19. The number of aliphatic hydroxyl groups is 1. The fourth-order valence-electron chi connectivity index (χ4n) is 1.18. The van der Waals surface area contributed by atoms with Gasteiger partial charge in [0.15, 0.2) is 0 Å². The summed E-state index contributed by atoms with van der Waals surface area (Å²) in [7, 11) is 0. The Morgan fingerprint density at radius 1 is 1.57 bits per heavy atom. The van der Waals surface area contributed by atoms with Gasteiger partial charge < -0.3 is 9.67 Å². The number of aromatic nitrogens is 2. The molecule has 0 fully saturated rings. The molecular weight excluding hydrogens is 184 g/mol. The van der Waals surface area contributed by atoms with Crippen molar-refractivity contribution >= 4 is 0 Å². The van der Waals surface area contributed by atoms with Gasteiger partial charge in [-0.3, -0.25) is 9.78 Å². The van der Waals surface area contributed by atoms with Crippen molar-refractivity contribution in [2.45, 2.75) is 19.9 Å². The van der Waals surface area contributed by atoms with E-state index in [-0.39, 0.29) is 12.5 Å². The van der Waals surface area contributed by atoms with Crippen LogP contribution in [0.15, 0.2) is 21.9 Å². The Labute approximate surface area is 81.0 Å². The molecule has 0 aliphatic heterocycles. The molecule has 0 saturated heterocycles. The van der Waals surface area contributed by atoms with Crippen LogP contribution >= 0.6 is 0 Å². The Balaban J connectivity index is 2.86. The highest BCUT2D eigenvalue weighted by Gasteiger charge is 2.06. The third kappa shape index (κ3) is 2.56. The van der Waals surface area contributed by atoms with Crippen LogP contribution in [0.3, 0.4) is 0 Å². The minimum atomic E-state index is -0.426. The lowest BCUT2D eigenvalue weighted by Crippen LogP contribution is -2.31. The van der Waals surface area contributed by atoms with Gasteiger partial charge in [-0.25, -0.2) is 4.79 Å². The Morgan fingerprint density at radius 3 is 2.79 bits per heavy atom. The summed E-state index contributed by atoms with van der Waals surface area (Å²) < 4.78 is 1.39. The fraction of sp³-hybridized carbons (Fsp3) is 0.556. The van der Waals surface area contributed by atoms with Gasteiger partial charge in [0.25, 0.3) is 5.56 Å². The number of H-pyrrole nitrogens is 1. The highest BCUT2D eigenvalue weighted by molar-refractivity contribution is 4.82. The summed E-state index contributed by atoms with van der Waals surface area (Å²) in [6.07, 6.45) is 2.24. The van der Waals surface area contributed by atoms with E-state index in [1.54, 1.807) is 0 Å². The molecule has 0 saturated carbocycles. The number of nitrogens with one attached hydrogen (secondary N) is 1. The molecule has 0 spiro atoms. The van der Waals surface area contributed by atoms with E-state index in [9.17, 15) is 9.59 Å². The summed E-state index contributed by atoms with van der Waals surface area (Å²) in [6.45, 7) is 2.42. The normalized spacial score (nSPS) is 12.7. The van der Waals surface area contributed by atoms with Gasteiger partial charge in [-0.2, -0.15) is 0 Å². The lowest BCUT2D eigenvalue weighted by atomic mass is 10.1. The van der Waals surface area contributed by atoms with E-state index in [1.165, 1.54) is 16.8 Å². The first-order valence-corrected chi connectivity index (χ1v) is 4.58. The second-order valence-electron chi connectivity index (χ2n) is 3.22. The van der Waals surface area contributed by atoms with Crippen LogP contribution in [0, 0.1) is 5.92 Å². The van der Waals surface area contributed by atoms with Gasteiger partial charge in [0.1, 0.15) is 0 Å². The second kappa shape index (κ2) is 4.76. The predicted octanol–water partition coefficient (Wildman–Crippen LogP) is -0.445. The van der Waals surface area contributed by atoms with Crippen molar-refractivity contribution in [3.8, 4) is 0 Å². The SMILES string of the molecule is CCC(CO)Cn1ccc(=O)[nH]c1=O. The first kappa shape index (κ1) is 10.7. The first-order chi connectivity index (χ1) is 6.67. The highest BCUT2D eigenvalue weighted by atomic mass is 16.3. The predicted molar refractivity (Wildman–Crippen MR) is 52.2 cm³/mol. The maximum Gasteiger partial charge on any atom is 0.328 e. The monoisotopic (exact) mass is 198 g/mol. The number of hydrogen-bond acceptors (Lipinski definition) is 3. The fourth-order valence-corrected chi connectivity index (χ4v) is 1.18. The van der Waals surface area contributed by atoms with Crippen LogP contribution in [0.1, 0.15) is 13.3 Å². The molecular formula is C9H14N2O3. The molecule has 1 aromatic rings. The molecule has 5 heteroatoms. The first-order valence-electron chi connectivity index (χ1n) is 4.58. The molecule has 0 aliphatic carbocycles. The van der Waals surface area contributed by atoms with Crippen molar-refractivity contribution in [1.82, 2.24) is 9.55 Å². The number of rotatable bonds is 4. The van der Waals surface area contributed by atoms with E-state index < -0.39 is 11.2 Å². The largest absolute Gasteiger partial charge is 0.396 e. The van der Waals surface area contributed by atoms with Crippen LogP contribution in [-0.2, 0) is 6.54 Å². The molecule has 0 aliphatic rings. The minimum absolute atomic E-state index is 0.0437. The third-order valence-electron chi connectivity index (χ3n) is 2.19. The molecule has 1 aromatic heterocycles. The lowest BCUT2D eigenvalue weighted by molar-refractivity contribution is 0.205. The summed E-state index contributed by atoms with van der Waals surface area (Å²) in [5.41, 5.74) is -0.826. The van der Waals surface area contributed by atoms with E-state index in [0.29, 0.717) is 6.54 Å². The van der Waals surface area contributed by atoms with Gasteiger partial charge in [-0.15, -0.1) is 0 Å². The molecule has 0 amide bonds. The maximum absolute atomic E-state index is 11.2. The Morgan fingerprint density at radius 2 is 2.29 bits per heavy atom. The molecule has 1 atom stereocenters. The van der Waals surface area contributed by atoms with Gasteiger partial charge in [-0.1, -0.05) is 6.92 Å². The maximum atomic E-state index is 11.2. The summed E-state index contributed by atoms with van der Waals surface area (Å²) >= 11 is 0. The zero-order valence-corrected chi connectivity index (χ0v) is 8.06. The van der Waals surface area contributed by atoms with Crippen LogP contribution in [0.5, 0.6) is 0 Å². The van der Waals surface area contributed by atoms with Crippen molar-refractivity contribution < 1.29 is 5.11 Å². The van der Waals surface area contributed by atoms with E-state index >= 15 is 0 Å². The van der Waals surface area contributed by atoms with Gasteiger partial charge in [0.2, 0.25) is 0 Å². The molecule has 14 heavy (non-hydrogen) atoms. The smallest absolute Gasteiger partial charge is 0.328 e. The Kier molecular flexibility index (Phi) is 3.64. The van der Waals surface area contributed by atoms with Crippen LogP contribution < -0.4 is 11.2 Å². The summed E-state index contributed by atoms with van der Waals surface area (Å²) in [5.74, 6) is 0.0543. The average Bonchev–Trinajstić information content (AvgIpc) is 2.17. The Hall–Kier alpha value is -1.36. The van der Waals surface area contributed by atoms with Crippen molar-refractivity contribution in [3.05, 3.63) is 33.1 Å². The quantitative estimate of drug-likeness (QED) is 0.688. The number of nitrogens with zero attached hydrogens (tertiary/aromatic N) is 1. The summed E-state index contributed by atoms with van der Waals surface area (Å²) in [6, 6.07) is 1.30. The molecule has 78 valence electrons. The van der Waals surface area contributed by atoms with E-state index in [0.717, 1.165) is 6.42 Å². The van der Waals surface area contributed by atoms with Crippen molar-refractivity contribution in [2.75, 3.05) is 6.61 Å². The molecule has 0 bridgehead atoms. The van der Waals surface area contributed by atoms with Crippen LogP contribution in [-0.4, -0.2) is 21.3 Å². The van der Waals surface area contributed by atoms with Gasteiger partial charge in [0.05, 0.1) is 0 Å². The Bertz CT molecular complexity index is 390. The molecule has 1 heterocycles. The van der Waals surface area contributed by atoms with Gasteiger partial charge >= 0.3 is 5.69 Å². The van der Waals surface area contributed by atoms with E-state index in [1.807, 2.05) is 6.92 Å². The lowest BCUT2D eigenvalue weighted by Gasteiger charge is -2.12. The van der Waals surface area contributed by atoms with Crippen LogP contribution in [0.4, 0.5) is 0 Å². The van der Waals surface area contributed by atoms with E-state index in [4.69, 9.17) is 5.11 Å². The van der Waals surface area contributed by atoms with Crippen molar-refractivity contribution in [3.63, 3.8) is 0 Å². The summed E-state index contributed by atoms with van der Waals surface area (Å²) in [5, 5.41) is 8.95. The van der Waals surface area contributed by atoms with Crippen LogP contribution in [0.2, 0.25) is 0 Å². The van der Waals surface area contributed by atoms with Crippen LogP contribution in [0.25, 0.3) is 0 Å². The molecule has 5 nitrogen and oxygen atoms in total. The number of hydrogen-bond donors (Lipinski definition) is 2. The van der Waals surface area contributed by atoms with Crippen molar-refractivity contribution in [1.29, 1.82) is 0 Å². The topological polar surface area (TPSA) is 75.1 Å². The van der Waals surface area contributed by atoms with Gasteiger partial charge in [-0.05, 0) is 12.3 Å². The summed E-state index contributed by atoms with van der Waals surface area (Å²) in [4.78, 5) is 24.1. The standard InChI is InChI=1S/C9H14N2O3/c1-2-7(6-12)5-11-4-3-8(13)10-9(11)14/h3-4,7,12H,2,5-6H2,1H3,(H,10,13,14). The zero-order chi connectivity index (χ0) is 10.6. The molecule has 1 rings (SSSR count). The van der Waals surface area contributed by atoms with E-state index in [2.05, 4.69) is 4.98 Å². The van der Waals surface area contributed by atoms with Gasteiger partial charge in [0, 0.05) is 25.4 Å². The average molecular weight is 198 g/mol. The highest BCUT2D eigenvalue weighted by Crippen LogP contribution is 2.02. The van der Waals surface area contributed by atoms with Crippen molar-refractivity contribution in [2.24, 2.45) is 5.92 Å². The molecule has 0 aromatic carbocycles. The number of aliphatic hydroxyl groups excluding tert-OH is 1.